The van der Waals surface area contributed by atoms with Crippen molar-refractivity contribution in [1.82, 2.24) is 0 Å². The summed E-state index contributed by atoms with van der Waals surface area (Å²) < 4.78 is 0. The highest BCUT2D eigenvalue weighted by molar-refractivity contribution is 4.60. The smallest absolute Gasteiger partial charge is 0.0382 e. The van der Waals surface area contributed by atoms with Crippen LogP contribution in [0.5, 0.6) is 0 Å². The minimum atomic E-state index is 1.08. The highest BCUT2D eigenvalue weighted by atomic mass is 13.6. The Kier molecular flexibility index (Phi) is 45.7. The molecule has 0 spiro atoms. The molecule has 0 fully saturated rings. The van der Waals surface area contributed by atoms with E-state index < -0.39 is 0 Å². The quantitative estimate of drug-likeness (QED) is 0.514. The van der Waals surface area contributed by atoms with Crippen LogP contribution in [0.3, 0.4) is 0 Å². The summed E-state index contributed by atoms with van der Waals surface area (Å²) >= 11 is 0. The minimum Gasteiger partial charge on any atom is -0.103 e. The molecule has 0 aromatic heterocycles. The van der Waals surface area contributed by atoms with Crippen LogP contribution in [0.2, 0.25) is 0 Å². The maximum atomic E-state index is 3.48. The number of hydrogen-bond acceptors (Lipinski definition) is 0. The summed E-state index contributed by atoms with van der Waals surface area (Å²) in [6.45, 7) is 14.3. The first-order chi connectivity index (χ1) is 5.74. The van der Waals surface area contributed by atoms with Crippen molar-refractivity contribution in [2.24, 2.45) is 0 Å². The molecule has 0 amide bonds. The SMILES string of the molecule is C=CCC.CCCC.CCCC. The predicted molar refractivity (Wildman–Crippen MR) is 61.7 cm³/mol. The van der Waals surface area contributed by atoms with Gasteiger partial charge < -0.3 is 0 Å². The van der Waals surface area contributed by atoms with Crippen LogP contribution in [0.25, 0.3) is 0 Å². The highest BCUT2D eigenvalue weighted by Gasteiger charge is 1.56. The molecule has 76 valence electrons. The van der Waals surface area contributed by atoms with Crippen molar-refractivity contribution < 1.29 is 0 Å². The fourth-order valence-corrected chi connectivity index (χ4v) is 0. The molecule has 0 saturated carbocycles. The van der Waals surface area contributed by atoms with Crippen LogP contribution < -0.4 is 0 Å². The van der Waals surface area contributed by atoms with Crippen molar-refractivity contribution in [1.29, 1.82) is 0 Å². The van der Waals surface area contributed by atoms with Crippen molar-refractivity contribution >= 4 is 0 Å². The topological polar surface area (TPSA) is 0 Å². The van der Waals surface area contributed by atoms with E-state index in [2.05, 4.69) is 41.2 Å². The second-order valence-corrected chi connectivity index (χ2v) is 2.70. The van der Waals surface area contributed by atoms with Crippen LogP contribution in [0.1, 0.15) is 66.7 Å². The molecule has 0 aromatic carbocycles. The largest absolute Gasteiger partial charge is 0.103 e. The normalized spacial score (nSPS) is 7.08. The van der Waals surface area contributed by atoms with Crippen molar-refractivity contribution in [3.05, 3.63) is 12.7 Å². The van der Waals surface area contributed by atoms with Gasteiger partial charge in [0.1, 0.15) is 0 Å². The molecule has 0 saturated heterocycles. The Bertz CT molecular complexity index is 38.0. The number of allylic oxidation sites excluding steroid dienone is 1. The Hall–Kier alpha value is -0.260. The molecular weight excluding hydrogens is 144 g/mol. The van der Waals surface area contributed by atoms with Gasteiger partial charge in [-0.05, 0) is 6.42 Å². The van der Waals surface area contributed by atoms with Crippen LogP contribution in [-0.2, 0) is 0 Å². The molecule has 0 radical (unpaired) electrons. The van der Waals surface area contributed by atoms with E-state index in [4.69, 9.17) is 0 Å². The van der Waals surface area contributed by atoms with Gasteiger partial charge in [0.25, 0.3) is 0 Å². The molecule has 0 atom stereocenters. The van der Waals surface area contributed by atoms with Gasteiger partial charge in [-0.25, -0.2) is 0 Å². The molecule has 0 aromatic rings. The van der Waals surface area contributed by atoms with Gasteiger partial charge in [-0.3, -0.25) is 0 Å². The third kappa shape index (κ3) is 99.1. The van der Waals surface area contributed by atoms with E-state index >= 15 is 0 Å². The van der Waals surface area contributed by atoms with E-state index in [9.17, 15) is 0 Å². The maximum Gasteiger partial charge on any atom is -0.0382 e. The Balaban J connectivity index is -0.000000101. The minimum absolute atomic E-state index is 1.08. The number of rotatable bonds is 3. The van der Waals surface area contributed by atoms with Gasteiger partial charge in [-0.1, -0.05) is 66.4 Å². The molecule has 0 aliphatic heterocycles. The molecule has 0 nitrogen and oxygen atoms in total. The fraction of sp³-hybridized carbons (Fsp3) is 0.833. The standard InChI is InChI=1S/2C4H10.C4H8/c3*1-3-4-2/h2*3-4H2,1-2H3;3H,1,4H2,2H3. The van der Waals surface area contributed by atoms with Gasteiger partial charge in [0.2, 0.25) is 0 Å². The first-order valence-corrected chi connectivity index (χ1v) is 5.35. The van der Waals surface area contributed by atoms with Gasteiger partial charge in [-0.2, -0.15) is 0 Å². The van der Waals surface area contributed by atoms with Crippen LogP contribution in [0.15, 0.2) is 12.7 Å². The summed E-state index contributed by atoms with van der Waals surface area (Å²) in [5, 5.41) is 0. The average molecular weight is 172 g/mol. The van der Waals surface area contributed by atoms with E-state index in [1.165, 1.54) is 25.7 Å². The van der Waals surface area contributed by atoms with Crippen LogP contribution in [0, 0.1) is 0 Å². The Morgan fingerprint density at radius 2 is 0.917 bits per heavy atom. The summed E-state index contributed by atoms with van der Waals surface area (Å²) in [6.07, 6.45) is 8.24. The van der Waals surface area contributed by atoms with Crippen molar-refractivity contribution in [2.45, 2.75) is 66.7 Å². The molecule has 0 heteroatoms. The lowest BCUT2D eigenvalue weighted by atomic mass is 10.4. The summed E-state index contributed by atoms with van der Waals surface area (Å²) in [5.74, 6) is 0. The highest BCUT2D eigenvalue weighted by Crippen LogP contribution is 1.77. The zero-order valence-corrected chi connectivity index (χ0v) is 9.82. The lowest BCUT2D eigenvalue weighted by molar-refractivity contribution is 0.886. The van der Waals surface area contributed by atoms with Crippen molar-refractivity contribution in [3.63, 3.8) is 0 Å². The zero-order chi connectivity index (χ0) is 10.2. The molecule has 0 N–H and O–H groups in total. The Labute approximate surface area is 80.1 Å². The van der Waals surface area contributed by atoms with Crippen molar-refractivity contribution in [3.8, 4) is 0 Å². The second-order valence-electron chi connectivity index (χ2n) is 2.70. The van der Waals surface area contributed by atoms with E-state index in [0.717, 1.165) is 6.42 Å². The average Bonchev–Trinajstić information content (AvgIpc) is 2.18. The molecule has 0 aliphatic carbocycles. The lowest BCUT2D eigenvalue weighted by Crippen LogP contribution is -1.47. The van der Waals surface area contributed by atoms with Gasteiger partial charge in [0.15, 0.2) is 0 Å². The zero-order valence-electron chi connectivity index (χ0n) is 9.82. The van der Waals surface area contributed by atoms with Crippen LogP contribution in [0.4, 0.5) is 0 Å². The lowest BCUT2D eigenvalue weighted by Gasteiger charge is -1.68. The molecule has 0 aliphatic rings. The second kappa shape index (κ2) is 30.9. The van der Waals surface area contributed by atoms with Gasteiger partial charge in [0.05, 0.1) is 0 Å². The van der Waals surface area contributed by atoms with E-state index in [0.29, 0.717) is 0 Å². The monoisotopic (exact) mass is 172 g/mol. The predicted octanol–water partition coefficient (Wildman–Crippen LogP) is 5.20. The Morgan fingerprint density at radius 3 is 0.917 bits per heavy atom. The van der Waals surface area contributed by atoms with Crippen LogP contribution in [-0.4, -0.2) is 0 Å². The summed E-state index contributed by atoms with van der Waals surface area (Å²) in [4.78, 5) is 0. The van der Waals surface area contributed by atoms with Gasteiger partial charge in [-0.15, -0.1) is 6.58 Å². The molecule has 0 bridgehead atoms. The fourth-order valence-electron chi connectivity index (χ4n) is 0. The number of hydrogen-bond donors (Lipinski definition) is 0. The summed E-state index contributed by atoms with van der Waals surface area (Å²) in [6, 6.07) is 0. The van der Waals surface area contributed by atoms with Gasteiger partial charge >= 0.3 is 0 Å². The molecule has 0 rings (SSSR count). The molecule has 12 heavy (non-hydrogen) atoms. The third-order valence-corrected chi connectivity index (χ3v) is 1.29. The number of unbranched alkanes of at least 4 members (excludes halogenated alkanes) is 2. The first kappa shape index (κ1) is 17.7. The van der Waals surface area contributed by atoms with E-state index in [1.54, 1.807) is 0 Å². The van der Waals surface area contributed by atoms with Gasteiger partial charge in [0, 0.05) is 0 Å². The third-order valence-electron chi connectivity index (χ3n) is 1.29. The molecular formula is C12H28. The molecule has 0 unspecified atom stereocenters. The Morgan fingerprint density at radius 1 is 0.750 bits per heavy atom. The molecule has 0 heterocycles. The van der Waals surface area contributed by atoms with Crippen molar-refractivity contribution in [2.75, 3.05) is 0 Å². The van der Waals surface area contributed by atoms with Crippen LogP contribution >= 0.6 is 0 Å². The summed E-state index contributed by atoms with van der Waals surface area (Å²) in [7, 11) is 0. The van der Waals surface area contributed by atoms with E-state index in [-0.39, 0.29) is 0 Å². The summed E-state index contributed by atoms with van der Waals surface area (Å²) in [5.41, 5.74) is 0. The van der Waals surface area contributed by atoms with E-state index in [1.807, 2.05) is 6.08 Å². The maximum absolute atomic E-state index is 3.48. The first-order valence-electron chi connectivity index (χ1n) is 5.35.